The number of carbonyl (C=O) groups excluding carboxylic acids is 1. The highest BCUT2D eigenvalue weighted by Crippen LogP contribution is 2.40. The number of benzene rings is 2. The van der Waals surface area contributed by atoms with E-state index in [0.717, 1.165) is 39.3 Å². The number of hydrogen-bond acceptors (Lipinski definition) is 4. The van der Waals surface area contributed by atoms with Gasteiger partial charge in [0.05, 0.1) is 7.11 Å². The first-order chi connectivity index (χ1) is 14.4. The van der Waals surface area contributed by atoms with E-state index < -0.39 is 0 Å². The van der Waals surface area contributed by atoms with Gasteiger partial charge in [0.2, 0.25) is 0 Å². The van der Waals surface area contributed by atoms with Gasteiger partial charge in [-0.25, -0.2) is 4.98 Å². The Bertz CT molecular complexity index is 1130. The molecular weight excluding hydrogens is 421 g/mol. The zero-order chi connectivity index (χ0) is 21.4. The maximum Gasteiger partial charge on any atom is 0.273 e. The molecule has 1 aliphatic heterocycles. The first-order valence-electron chi connectivity index (χ1n) is 9.53. The van der Waals surface area contributed by atoms with Crippen LogP contribution in [0.3, 0.4) is 0 Å². The zero-order valence-corrected chi connectivity index (χ0v) is 18.2. The second kappa shape index (κ2) is 8.26. The second-order valence-corrected chi connectivity index (χ2v) is 8.06. The lowest BCUT2D eigenvalue weighted by molar-refractivity contribution is 0.0762. The number of aryl methyl sites for hydroxylation is 1. The van der Waals surface area contributed by atoms with Gasteiger partial charge in [0.15, 0.2) is 0 Å². The minimum Gasteiger partial charge on any atom is -0.497 e. The van der Waals surface area contributed by atoms with Gasteiger partial charge >= 0.3 is 0 Å². The fourth-order valence-corrected chi connectivity index (χ4v) is 4.38. The van der Waals surface area contributed by atoms with E-state index in [9.17, 15) is 4.79 Å². The Balaban J connectivity index is 1.77. The predicted octanol–water partition coefficient (Wildman–Crippen LogP) is 4.99. The maximum atomic E-state index is 13.2. The van der Waals surface area contributed by atoms with Gasteiger partial charge < -0.3 is 15.4 Å². The highest BCUT2D eigenvalue weighted by atomic mass is 35.5. The van der Waals surface area contributed by atoms with Crippen LogP contribution in [0.25, 0.3) is 11.1 Å². The SMILES string of the molecule is COc1ccc(CN2Cc3c(nc(C)c(CN)c3-c3ccc(Cl)cc3Cl)C2=O)cc1. The number of hydrogen-bond donors (Lipinski definition) is 1. The number of nitrogens with two attached hydrogens (primary N) is 1. The standard InChI is InChI=1S/C23H21Cl2N3O2/c1-13-18(10-26)21(17-8-5-15(24)9-20(17)25)19-12-28(23(29)22(19)27-13)11-14-3-6-16(30-2)7-4-14/h3-9H,10-12,26H2,1-2H3. The van der Waals surface area contributed by atoms with Crippen LogP contribution >= 0.6 is 23.2 Å². The van der Waals surface area contributed by atoms with Crippen LogP contribution in [-0.4, -0.2) is 22.9 Å². The van der Waals surface area contributed by atoms with Crippen LogP contribution in [0.15, 0.2) is 42.5 Å². The number of ether oxygens (including phenoxy) is 1. The molecule has 0 bridgehead atoms. The van der Waals surface area contributed by atoms with Crippen LogP contribution in [0.2, 0.25) is 10.0 Å². The van der Waals surface area contributed by atoms with E-state index in [1.165, 1.54) is 0 Å². The lowest BCUT2D eigenvalue weighted by atomic mass is 9.93. The van der Waals surface area contributed by atoms with Crippen molar-refractivity contribution < 1.29 is 9.53 Å². The van der Waals surface area contributed by atoms with Crippen LogP contribution in [0.4, 0.5) is 0 Å². The fourth-order valence-electron chi connectivity index (χ4n) is 3.87. The van der Waals surface area contributed by atoms with Gasteiger partial charge in [-0.3, -0.25) is 4.79 Å². The Morgan fingerprint density at radius 1 is 1.17 bits per heavy atom. The average molecular weight is 442 g/mol. The van der Waals surface area contributed by atoms with Crippen molar-refractivity contribution in [2.24, 2.45) is 5.73 Å². The van der Waals surface area contributed by atoms with Gasteiger partial charge in [0.25, 0.3) is 5.91 Å². The minimum atomic E-state index is -0.0983. The fraction of sp³-hybridized carbons (Fsp3) is 0.217. The van der Waals surface area contributed by atoms with Crippen molar-refractivity contribution in [1.82, 2.24) is 9.88 Å². The molecule has 0 aliphatic carbocycles. The number of fused-ring (bicyclic) bond motifs is 1. The van der Waals surface area contributed by atoms with Crippen LogP contribution in [0.1, 0.15) is 32.9 Å². The zero-order valence-electron chi connectivity index (χ0n) is 16.7. The third-order valence-corrected chi connectivity index (χ3v) is 5.93. The molecule has 0 spiro atoms. The summed E-state index contributed by atoms with van der Waals surface area (Å²) in [5.41, 5.74) is 11.7. The van der Waals surface area contributed by atoms with Gasteiger partial charge in [-0.15, -0.1) is 0 Å². The molecule has 0 saturated heterocycles. The maximum absolute atomic E-state index is 13.2. The van der Waals surface area contributed by atoms with Crippen molar-refractivity contribution >= 4 is 29.1 Å². The first-order valence-corrected chi connectivity index (χ1v) is 10.3. The van der Waals surface area contributed by atoms with E-state index in [-0.39, 0.29) is 5.91 Å². The number of aromatic nitrogens is 1. The molecule has 7 heteroatoms. The molecule has 1 aromatic heterocycles. The summed E-state index contributed by atoms with van der Waals surface area (Å²) in [4.78, 5) is 19.5. The number of methoxy groups -OCH3 is 1. The molecule has 0 unspecified atom stereocenters. The molecule has 3 aromatic rings. The van der Waals surface area contributed by atoms with E-state index in [0.29, 0.717) is 35.4 Å². The van der Waals surface area contributed by atoms with Gasteiger partial charge in [-0.05, 0) is 47.9 Å². The van der Waals surface area contributed by atoms with Crippen molar-refractivity contribution in [3.63, 3.8) is 0 Å². The smallest absolute Gasteiger partial charge is 0.273 e. The van der Waals surface area contributed by atoms with Gasteiger partial charge in [0, 0.05) is 46.5 Å². The molecule has 0 atom stereocenters. The first kappa shape index (κ1) is 20.7. The van der Waals surface area contributed by atoms with Crippen LogP contribution in [0, 0.1) is 6.92 Å². The quantitative estimate of drug-likeness (QED) is 0.605. The molecule has 0 radical (unpaired) electrons. The number of nitrogens with zero attached hydrogens (tertiary/aromatic N) is 2. The average Bonchev–Trinajstić information content (AvgIpc) is 3.03. The lowest BCUT2D eigenvalue weighted by Crippen LogP contribution is -2.23. The number of carbonyl (C=O) groups is 1. The number of pyridine rings is 1. The molecule has 5 nitrogen and oxygen atoms in total. The highest BCUT2D eigenvalue weighted by molar-refractivity contribution is 6.36. The highest BCUT2D eigenvalue weighted by Gasteiger charge is 2.33. The number of amides is 1. The van der Waals surface area contributed by atoms with Crippen LogP contribution < -0.4 is 10.5 Å². The molecule has 1 aliphatic rings. The molecule has 4 rings (SSSR count). The molecule has 2 N–H and O–H groups in total. The van der Waals surface area contributed by atoms with Crippen molar-refractivity contribution in [1.29, 1.82) is 0 Å². The van der Waals surface area contributed by atoms with Gasteiger partial charge in [0.1, 0.15) is 11.4 Å². The monoisotopic (exact) mass is 441 g/mol. The molecule has 154 valence electrons. The summed E-state index contributed by atoms with van der Waals surface area (Å²) in [5, 5.41) is 1.07. The van der Waals surface area contributed by atoms with Crippen LogP contribution in [-0.2, 0) is 19.6 Å². The Hall–Kier alpha value is -2.60. The third kappa shape index (κ3) is 3.65. The summed E-state index contributed by atoms with van der Waals surface area (Å²) in [7, 11) is 1.63. The van der Waals surface area contributed by atoms with Gasteiger partial charge in [-0.2, -0.15) is 0 Å². The van der Waals surface area contributed by atoms with E-state index in [4.69, 9.17) is 33.7 Å². The summed E-state index contributed by atoms with van der Waals surface area (Å²) in [6.07, 6.45) is 0. The molecule has 0 fully saturated rings. The minimum absolute atomic E-state index is 0.0983. The molecular formula is C23H21Cl2N3O2. The summed E-state index contributed by atoms with van der Waals surface area (Å²) in [5.74, 6) is 0.679. The summed E-state index contributed by atoms with van der Waals surface area (Å²) in [6, 6.07) is 13.0. The van der Waals surface area contributed by atoms with Crippen molar-refractivity contribution in [3.8, 4) is 16.9 Å². The van der Waals surface area contributed by atoms with Gasteiger partial charge in [-0.1, -0.05) is 41.4 Å². The Morgan fingerprint density at radius 3 is 2.53 bits per heavy atom. The largest absolute Gasteiger partial charge is 0.497 e. The number of rotatable bonds is 5. The van der Waals surface area contributed by atoms with E-state index in [1.54, 1.807) is 24.1 Å². The second-order valence-electron chi connectivity index (χ2n) is 7.22. The van der Waals surface area contributed by atoms with Crippen molar-refractivity contribution in [3.05, 3.63) is 80.6 Å². The van der Waals surface area contributed by atoms with Crippen molar-refractivity contribution in [2.45, 2.75) is 26.6 Å². The Kier molecular flexibility index (Phi) is 5.69. The molecule has 1 amide bonds. The number of halogens is 2. The van der Waals surface area contributed by atoms with Crippen molar-refractivity contribution in [2.75, 3.05) is 7.11 Å². The van der Waals surface area contributed by atoms with E-state index in [2.05, 4.69) is 4.98 Å². The van der Waals surface area contributed by atoms with E-state index in [1.807, 2.05) is 37.3 Å². The molecule has 30 heavy (non-hydrogen) atoms. The summed E-state index contributed by atoms with van der Waals surface area (Å²) < 4.78 is 5.21. The lowest BCUT2D eigenvalue weighted by Gasteiger charge is -2.17. The molecule has 2 heterocycles. The van der Waals surface area contributed by atoms with Crippen LogP contribution in [0.5, 0.6) is 5.75 Å². The normalized spacial score (nSPS) is 13.0. The third-order valence-electron chi connectivity index (χ3n) is 5.38. The topological polar surface area (TPSA) is 68.4 Å². The Labute approximate surface area is 185 Å². The molecule has 0 saturated carbocycles. The molecule has 2 aromatic carbocycles. The predicted molar refractivity (Wildman–Crippen MR) is 119 cm³/mol. The Morgan fingerprint density at radius 2 is 1.90 bits per heavy atom. The van der Waals surface area contributed by atoms with E-state index >= 15 is 0 Å². The summed E-state index contributed by atoms with van der Waals surface area (Å²) in [6.45, 7) is 3.08. The summed E-state index contributed by atoms with van der Waals surface area (Å²) >= 11 is 12.6.